The molecule has 1 N–H and O–H groups in total. The van der Waals surface area contributed by atoms with Crippen molar-refractivity contribution in [2.75, 3.05) is 19.0 Å². The zero-order chi connectivity index (χ0) is 10.1. The van der Waals surface area contributed by atoms with Gasteiger partial charge in [-0.1, -0.05) is 0 Å². The normalized spacial score (nSPS) is 13.3. The quantitative estimate of drug-likeness (QED) is 0.691. The number of ether oxygens (including phenoxy) is 1. The van der Waals surface area contributed by atoms with Crippen molar-refractivity contribution in [3.8, 4) is 0 Å². The monoisotopic (exact) mass is 195 g/mol. The van der Waals surface area contributed by atoms with E-state index in [1.807, 2.05) is 0 Å². The smallest absolute Gasteiger partial charge is 0.341 e. The van der Waals surface area contributed by atoms with E-state index < -0.39 is 11.8 Å². The number of nitrogens with one attached hydrogen (secondary N) is 1. The first-order chi connectivity index (χ1) is 6.74. The third-order valence-corrected chi connectivity index (χ3v) is 2.34. The van der Waals surface area contributed by atoms with E-state index in [0.29, 0.717) is 6.42 Å². The zero-order valence-corrected chi connectivity index (χ0v) is 7.76. The van der Waals surface area contributed by atoms with E-state index >= 15 is 0 Å². The van der Waals surface area contributed by atoms with Gasteiger partial charge in [0, 0.05) is 12.2 Å². The molecular weight excluding hydrogens is 185 g/mol. The van der Waals surface area contributed by atoms with Crippen molar-refractivity contribution in [2.24, 2.45) is 0 Å². The molecule has 0 saturated heterocycles. The van der Waals surface area contributed by atoms with E-state index in [0.717, 1.165) is 17.8 Å². The minimum atomic E-state index is -0.608. The van der Waals surface area contributed by atoms with Crippen LogP contribution in [0.1, 0.15) is 15.9 Å². The molecule has 0 unspecified atom stereocenters. The lowest BCUT2D eigenvalue weighted by Crippen LogP contribution is -2.07. The van der Waals surface area contributed by atoms with Crippen molar-refractivity contribution < 1.29 is 13.9 Å². The number of fused-ring (bicyclic) bond motifs is 1. The van der Waals surface area contributed by atoms with Crippen LogP contribution in [0.3, 0.4) is 0 Å². The van der Waals surface area contributed by atoms with Crippen LogP contribution in [0, 0.1) is 5.82 Å². The second-order valence-corrected chi connectivity index (χ2v) is 3.12. The number of benzene rings is 1. The third kappa shape index (κ3) is 1.23. The predicted octanol–water partition coefficient (Wildman–Crippen LogP) is 1.58. The highest BCUT2D eigenvalue weighted by atomic mass is 19.1. The van der Waals surface area contributed by atoms with Gasteiger partial charge < -0.3 is 10.1 Å². The molecule has 3 nitrogen and oxygen atoms in total. The average molecular weight is 195 g/mol. The zero-order valence-electron chi connectivity index (χ0n) is 7.76. The van der Waals surface area contributed by atoms with Gasteiger partial charge in [-0.3, -0.25) is 0 Å². The summed E-state index contributed by atoms with van der Waals surface area (Å²) in [5.74, 6) is -1.12. The lowest BCUT2D eigenvalue weighted by Gasteiger charge is -2.06. The Morgan fingerprint density at radius 1 is 1.57 bits per heavy atom. The lowest BCUT2D eigenvalue weighted by molar-refractivity contribution is 0.0594. The molecule has 0 fully saturated rings. The summed E-state index contributed by atoms with van der Waals surface area (Å²) < 4.78 is 17.9. The molecule has 0 spiro atoms. The van der Waals surface area contributed by atoms with E-state index in [2.05, 4.69) is 10.1 Å². The molecule has 2 rings (SSSR count). The van der Waals surface area contributed by atoms with Gasteiger partial charge in [0.2, 0.25) is 0 Å². The molecule has 1 aliphatic rings. The second-order valence-electron chi connectivity index (χ2n) is 3.12. The predicted molar refractivity (Wildman–Crippen MR) is 49.9 cm³/mol. The summed E-state index contributed by atoms with van der Waals surface area (Å²) in [5.41, 5.74) is 1.61. The largest absolute Gasteiger partial charge is 0.465 e. The van der Waals surface area contributed by atoms with Crippen molar-refractivity contribution in [3.63, 3.8) is 0 Å². The lowest BCUT2D eigenvalue weighted by atomic mass is 10.0. The molecule has 14 heavy (non-hydrogen) atoms. The summed E-state index contributed by atoms with van der Waals surface area (Å²) >= 11 is 0. The van der Waals surface area contributed by atoms with Gasteiger partial charge in [0.25, 0.3) is 0 Å². The van der Waals surface area contributed by atoms with E-state index in [9.17, 15) is 9.18 Å². The number of methoxy groups -OCH3 is 1. The van der Waals surface area contributed by atoms with Crippen molar-refractivity contribution in [1.82, 2.24) is 0 Å². The third-order valence-electron chi connectivity index (χ3n) is 2.34. The van der Waals surface area contributed by atoms with Gasteiger partial charge in [-0.15, -0.1) is 0 Å². The number of anilines is 1. The molecule has 0 amide bonds. The van der Waals surface area contributed by atoms with Crippen LogP contribution in [-0.2, 0) is 11.2 Å². The summed E-state index contributed by atoms with van der Waals surface area (Å²) in [6.45, 7) is 0.739. The van der Waals surface area contributed by atoms with Crippen LogP contribution >= 0.6 is 0 Å². The topological polar surface area (TPSA) is 38.3 Å². The maximum absolute atomic E-state index is 13.4. The minimum Gasteiger partial charge on any atom is -0.465 e. The average Bonchev–Trinajstić information content (AvgIpc) is 2.64. The van der Waals surface area contributed by atoms with E-state index in [4.69, 9.17) is 0 Å². The molecule has 0 radical (unpaired) electrons. The van der Waals surface area contributed by atoms with Crippen molar-refractivity contribution in [1.29, 1.82) is 0 Å². The maximum atomic E-state index is 13.4. The fourth-order valence-electron chi connectivity index (χ4n) is 1.69. The van der Waals surface area contributed by atoms with Gasteiger partial charge >= 0.3 is 5.97 Å². The van der Waals surface area contributed by atoms with E-state index in [1.54, 1.807) is 6.07 Å². The Morgan fingerprint density at radius 2 is 2.36 bits per heavy atom. The van der Waals surface area contributed by atoms with E-state index in [1.165, 1.54) is 13.2 Å². The number of hydrogen-bond acceptors (Lipinski definition) is 3. The number of halogens is 1. The molecule has 0 atom stereocenters. The van der Waals surface area contributed by atoms with Crippen LogP contribution in [0.15, 0.2) is 12.1 Å². The van der Waals surface area contributed by atoms with Gasteiger partial charge in [-0.05, 0) is 24.1 Å². The highest BCUT2D eigenvalue weighted by molar-refractivity contribution is 5.93. The fraction of sp³-hybridized carbons (Fsp3) is 0.300. The Morgan fingerprint density at radius 3 is 3.07 bits per heavy atom. The number of rotatable bonds is 1. The highest BCUT2D eigenvalue weighted by Gasteiger charge is 2.23. The number of hydrogen-bond donors (Lipinski definition) is 1. The molecular formula is C10H10FNO2. The minimum absolute atomic E-state index is 0.0648. The Kier molecular flexibility index (Phi) is 2.11. The summed E-state index contributed by atoms with van der Waals surface area (Å²) in [5, 5.41) is 3.07. The van der Waals surface area contributed by atoms with Crippen LogP contribution in [0.5, 0.6) is 0 Å². The highest BCUT2D eigenvalue weighted by Crippen LogP contribution is 2.27. The summed E-state index contributed by atoms with van der Waals surface area (Å²) in [6.07, 6.45) is 0.664. The van der Waals surface area contributed by atoms with Crippen molar-refractivity contribution >= 4 is 11.7 Å². The molecule has 0 bridgehead atoms. The molecule has 4 heteroatoms. The summed E-state index contributed by atoms with van der Waals surface area (Å²) in [6, 6.07) is 2.92. The fourth-order valence-corrected chi connectivity index (χ4v) is 1.69. The Labute approximate surface area is 80.9 Å². The molecule has 0 aliphatic carbocycles. The summed E-state index contributed by atoms with van der Waals surface area (Å²) in [4.78, 5) is 11.3. The van der Waals surface area contributed by atoms with Crippen LogP contribution < -0.4 is 5.32 Å². The van der Waals surface area contributed by atoms with Crippen LogP contribution in [0.4, 0.5) is 10.1 Å². The Hall–Kier alpha value is -1.58. The van der Waals surface area contributed by atoms with Crippen LogP contribution in [0.25, 0.3) is 0 Å². The summed E-state index contributed by atoms with van der Waals surface area (Å²) in [7, 11) is 1.25. The van der Waals surface area contributed by atoms with Crippen molar-refractivity contribution in [3.05, 3.63) is 29.1 Å². The standard InChI is InChI=1S/C10H10FNO2/c1-14-10(13)9-6-4-5-12-8(6)3-2-7(9)11/h2-3,12H,4-5H2,1H3. The molecule has 1 aromatic rings. The van der Waals surface area contributed by atoms with Gasteiger partial charge in [0.1, 0.15) is 11.4 Å². The molecule has 1 aliphatic heterocycles. The second kappa shape index (κ2) is 3.29. The van der Waals surface area contributed by atoms with E-state index in [-0.39, 0.29) is 5.56 Å². The van der Waals surface area contributed by atoms with Gasteiger partial charge in [-0.25, -0.2) is 9.18 Å². The first kappa shape index (κ1) is 8.99. The van der Waals surface area contributed by atoms with Crippen LogP contribution in [-0.4, -0.2) is 19.6 Å². The molecule has 0 saturated carbocycles. The number of carbonyl (C=O) groups excluding carboxylic acids is 1. The molecule has 74 valence electrons. The van der Waals surface area contributed by atoms with Gasteiger partial charge in [-0.2, -0.15) is 0 Å². The number of carbonyl (C=O) groups is 1. The molecule has 0 aromatic heterocycles. The van der Waals surface area contributed by atoms with Gasteiger partial charge in [0.05, 0.1) is 7.11 Å². The maximum Gasteiger partial charge on any atom is 0.341 e. The molecule has 1 aromatic carbocycles. The first-order valence-corrected chi connectivity index (χ1v) is 4.37. The first-order valence-electron chi connectivity index (χ1n) is 4.37. The Balaban J connectivity index is 2.57. The number of esters is 1. The SMILES string of the molecule is COC(=O)c1c(F)ccc2c1CCN2. The van der Waals surface area contributed by atoms with Gasteiger partial charge in [0.15, 0.2) is 0 Å². The van der Waals surface area contributed by atoms with Crippen LogP contribution in [0.2, 0.25) is 0 Å². The Bertz CT molecular complexity index is 390. The van der Waals surface area contributed by atoms with Crippen molar-refractivity contribution in [2.45, 2.75) is 6.42 Å². The molecule has 1 heterocycles.